The molecule has 0 saturated carbocycles. The highest BCUT2D eigenvalue weighted by molar-refractivity contribution is 6.30. The van der Waals surface area contributed by atoms with Crippen LogP contribution in [-0.2, 0) is 6.42 Å². The van der Waals surface area contributed by atoms with E-state index in [0.717, 1.165) is 22.4 Å². The fraction of sp³-hybridized carbons (Fsp3) is 0.250. The summed E-state index contributed by atoms with van der Waals surface area (Å²) < 4.78 is 18.7. The van der Waals surface area contributed by atoms with Gasteiger partial charge in [0.1, 0.15) is 11.6 Å². The molecule has 5 heteroatoms. The van der Waals surface area contributed by atoms with Crippen molar-refractivity contribution >= 4 is 11.6 Å². The van der Waals surface area contributed by atoms with Gasteiger partial charge in [0.15, 0.2) is 0 Å². The maximum absolute atomic E-state index is 13.5. The topological polar surface area (TPSA) is 47.3 Å². The van der Waals surface area contributed by atoms with Crippen LogP contribution in [0.25, 0.3) is 0 Å². The Morgan fingerprint density at radius 2 is 2.05 bits per heavy atom. The third-order valence-corrected chi connectivity index (χ3v) is 3.75. The molecule has 2 rings (SSSR count). The molecule has 1 unspecified atom stereocenters. The van der Waals surface area contributed by atoms with Gasteiger partial charge in [-0.3, -0.25) is 11.3 Å². The second-order valence-corrected chi connectivity index (χ2v) is 5.31. The molecule has 0 spiro atoms. The zero-order valence-electron chi connectivity index (χ0n) is 12.0. The van der Waals surface area contributed by atoms with Crippen LogP contribution < -0.4 is 16.0 Å². The third kappa shape index (κ3) is 3.73. The van der Waals surface area contributed by atoms with Gasteiger partial charge in [-0.05, 0) is 48.2 Å². The van der Waals surface area contributed by atoms with Crippen molar-refractivity contribution in [2.24, 2.45) is 5.84 Å². The third-order valence-electron chi connectivity index (χ3n) is 3.45. The van der Waals surface area contributed by atoms with Gasteiger partial charge in [-0.25, -0.2) is 4.39 Å². The highest BCUT2D eigenvalue weighted by atomic mass is 35.5. The van der Waals surface area contributed by atoms with Crippen LogP contribution in [0.1, 0.15) is 22.7 Å². The first-order valence-electron chi connectivity index (χ1n) is 6.59. The number of rotatable bonds is 5. The fourth-order valence-corrected chi connectivity index (χ4v) is 2.41. The standard InChI is InChI=1S/C16H18ClFN2O/c1-10-7-12(4-6-16(10)21-2)15(20-19)9-11-3-5-13(17)14(18)8-11/h3-8,15,20H,9,19H2,1-2H3. The Kier molecular flexibility index (Phi) is 5.17. The number of hydrogen-bond acceptors (Lipinski definition) is 3. The van der Waals surface area contributed by atoms with Gasteiger partial charge >= 0.3 is 0 Å². The minimum atomic E-state index is -0.421. The molecule has 0 aromatic heterocycles. The molecule has 0 radical (unpaired) electrons. The zero-order valence-corrected chi connectivity index (χ0v) is 12.7. The Bertz CT molecular complexity index is 634. The molecule has 0 fully saturated rings. The summed E-state index contributed by atoms with van der Waals surface area (Å²) in [5.41, 5.74) is 5.64. The monoisotopic (exact) mass is 308 g/mol. The van der Waals surface area contributed by atoms with Gasteiger partial charge in [0.05, 0.1) is 12.1 Å². The van der Waals surface area contributed by atoms with E-state index in [1.54, 1.807) is 19.2 Å². The lowest BCUT2D eigenvalue weighted by molar-refractivity contribution is 0.411. The van der Waals surface area contributed by atoms with Crippen LogP contribution in [0, 0.1) is 12.7 Å². The lowest BCUT2D eigenvalue weighted by Gasteiger charge is -2.18. The van der Waals surface area contributed by atoms with Gasteiger partial charge in [-0.2, -0.15) is 0 Å². The average molecular weight is 309 g/mol. The lowest BCUT2D eigenvalue weighted by atomic mass is 9.97. The molecule has 0 aliphatic rings. The number of ether oxygens (including phenoxy) is 1. The second kappa shape index (κ2) is 6.89. The summed E-state index contributed by atoms with van der Waals surface area (Å²) in [5, 5.41) is 0.122. The van der Waals surface area contributed by atoms with Gasteiger partial charge in [0.25, 0.3) is 0 Å². The molecule has 0 amide bonds. The predicted octanol–water partition coefficient (Wildman–Crippen LogP) is 3.54. The van der Waals surface area contributed by atoms with Crippen LogP contribution in [0.4, 0.5) is 4.39 Å². The zero-order chi connectivity index (χ0) is 15.4. The molecule has 0 aliphatic heterocycles. The summed E-state index contributed by atoms with van der Waals surface area (Å²) in [5.74, 6) is 6.05. The number of nitrogens with two attached hydrogens (primary N) is 1. The normalized spacial score (nSPS) is 12.2. The maximum atomic E-state index is 13.5. The fourth-order valence-electron chi connectivity index (χ4n) is 2.29. The number of methoxy groups -OCH3 is 1. The maximum Gasteiger partial charge on any atom is 0.142 e. The van der Waals surface area contributed by atoms with E-state index in [2.05, 4.69) is 5.43 Å². The minimum absolute atomic E-state index is 0.116. The van der Waals surface area contributed by atoms with Crippen LogP contribution in [0.5, 0.6) is 5.75 Å². The minimum Gasteiger partial charge on any atom is -0.496 e. The molecule has 0 aliphatic carbocycles. The van der Waals surface area contributed by atoms with E-state index < -0.39 is 5.82 Å². The number of aryl methyl sites for hydroxylation is 1. The molecule has 21 heavy (non-hydrogen) atoms. The number of hydrazine groups is 1. The smallest absolute Gasteiger partial charge is 0.142 e. The number of hydrogen-bond donors (Lipinski definition) is 2. The van der Waals surface area contributed by atoms with E-state index in [0.29, 0.717) is 6.42 Å². The molecule has 0 bridgehead atoms. The molecule has 2 aromatic rings. The molecular formula is C16H18ClFN2O. The Balaban J connectivity index is 2.23. The first kappa shape index (κ1) is 15.8. The van der Waals surface area contributed by atoms with Crippen molar-refractivity contribution in [2.45, 2.75) is 19.4 Å². The molecule has 112 valence electrons. The van der Waals surface area contributed by atoms with Crippen molar-refractivity contribution in [2.75, 3.05) is 7.11 Å². The van der Waals surface area contributed by atoms with Crippen LogP contribution in [0.2, 0.25) is 5.02 Å². The number of benzene rings is 2. The van der Waals surface area contributed by atoms with Gasteiger partial charge < -0.3 is 4.74 Å². The summed E-state index contributed by atoms with van der Waals surface area (Å²) in [6, 6.07) is 10.5. The molecule has 3 nitrogen and oxygen atoms in total. The summed E-state index contributed by atoms with van der Waals surface area (Å²) in [4.78, 5) is 0. The molecule has 2 aromatic carbocycles. The molecule has 3 N–H and O–H groups in total. The quantitative estimate of drug-likeness (QED) is 0.656. The second-order valence-electron chi connectivity index (χ2n) is 4.90. The number of halogens is 2. The SMILES string of the molecule is COc1ccc(C(Cc2ccc(Cl)c(F)c2)NN)cc1C. The summed E-state index contributed by atoms with van der Waals surface area (Å²) >= 11 is 5.69. The van der Waals surface area contributed by atoms with Gasteiger partial charge in [0, 0.05) is 6.04 Å². The van der Waals surface area contributed by atoms with Crippen molar-refractivity contribution in [1.82, 2.24) is 5.43 Å². The van der Waals surface area contributed by atoms with E-state index in [1.165, 1.54) is 6.07 Å². The van der Waals surface area contributed by atoms with Crippen LogP contribution in [0.15, 0.2) is 36.4 Å². The highest BCUT2D eigenvalue weighted by Gasteiger charge is 2.13. The molecule has 0 heterocycles. The van der Waals surface area contributed by atoms with Crippen molar-refractivity contribution in [3.8, 4) is 5.75 Å². The van der Waals surface area contributed by atoms with Gasteiger partial charge in [0.2, 0.25) is 0 Å². The summed E-state index contributed by atoms with van der Waals surface area (Å²) in [6.45, 7) is 1.97. The lowest BCUT2D eigenvalue weighted by Crippen LogP contribution is -2.29. The Hall–Kier alpha value is -1.62. The van der Waals surface area contributed by atoms with Crippen LogP contribution in [-0.4, -0.2) is 7.11 Å². The summed E-state index contributed by atoms with van der Waals surface area (Å²) in [6.07, 6.45) is 0.566. The van der Waals surface area contributed by atoms with Crippen LogP contribution in [0.3, 0.4) is 0 Å². The largest absolute Gasteiger partial charge is 0.496 e. The van der Waals surface area contributed by atoms with Crippen LogP contribution >= 0.6 is 11.6 Å². The first-order chi connectivity index (χ1) is 10.0. The Morgan fingerprint density at radius 3 is 2.62 bits per heavy atom. The molecular weight excluding hydrogens is 291 g/mol. The Labute approximate surface area is 128 Å². The van der Waals surface area contributed by atoms with Gasteiger partial charge in [-0.15, -0.1) is 0 Å². The van der Waals surface area contributed by atoms with E-state index in [9.17, 15) is 4.39 Å². The van der Waals surface area contributed by atoms with E-state index >= 15 is 0 Å². The predicted molar refractivity (Wildman–Crippen MR) is 82.9 cm³/mol. The van der Waals surface area contributed by atoms with Crippen molar-refractivity contribution in [3.05, 3.63) is 63.9 Å². The van der Waals surface area contributed by atoms with E-state index in [-0.39, 0.29) is 11.1 Å². The van der Waals surface area contributed by atoms with Crippen molar-refractivity contribution < 1.29 is 9.13 Å². The van der Waals surface area contributed by atoms with Crippen molar-refractivity contribution in [3.63, 3.8) is 0 Å². The van der Waals surface area contributed by atoms with E-state index in [1.807, 2.05) is 25.1 Å². The summed E-state index contributed by atoms with van der Waals surface area (Å²) in [7, 11) is 1.64. The molecule has 1 atom stereocenters. The number of nitrogens with one attached hydrogen (secondary N) is 1. The highest BCUT2D eigenvalue weighted by Crippen LogP contribution is 2.25. The van der Waals surface area contributed by atoms with E-state index in [4.69, 9.17) is 22.2 Å². The Morgan fingerprint density at radius 1 is 1.29 bits per heavy atom. The van der Waals surface area contributed by atoms with Crippen molar-refractivity contribution in [1.29, 1.82) is 0 Å². The average Bonchev–Trinajstić information content (AvgIpc) is 2.48. The molecule has 0 saturated heterocycles. The van der Waals surface area contributed by atoms with Gasteiger partial charge in [-0.1, -0.05) is 29.8 Å². The first-order valence-corrected chi connectivity index (χ1v) is 6.97.